The van der Waals surface area contributed by atoms with Gasteiger partial charge < -0.3 is 4.74 Å². The molecular formula is C16H17F3O3. The molecule has 0 amide bonds. The van der Waals surface area contributed by atoms with Crippen LogP contribution in [0.3, 0.4) is 0 Å². The van der Waals surface area contributed by atoms with Gasteiger partial charge in [-0.2, -0.15) is 13.2 Å². The van der Waals surface area contributed by atoms with Crippen LogP contribution in [-0.2, 0) is 20.5 Å². The average Bonchev–Trinajstić information content (AvgIpc) is 2.44. The maximum atomic E-state index is 12.9. The molecule has 0 saturated heterocycles. The zero-order valence-electron chi connectivity index (χ0n) is 12.4. The molecule has 0 aromatic heterocycles. The summed E-state index contributed by atoms with van der Waals surface area (Å²) in [5, 5.41) is 0. The molecule has 0 unspecified atom stereocenters. The number of alkyl halides is 3. The highest BCUT2D eigenvalue weighted by Gasteiger charge is 2.33. The van der Waals surface area contributed by atoms with E-state index in [1.165, 1.54) is 18.2 Å². The molecule has 0 N–H and O–H groups in total. The minimum Gasteiger partial charge on any atom is -0.462 e. The van der Waals surface area contributed by atoms with Gasteiger partial charge in [-0.05, 0) is 31.1 Å². The molecule has 0 spiro atoms. The summed E-state index contributed by atoms with van der Waals surface area (Å²) in [5.74, 6) is -1.54. The van der Waals surface area contributed by atoms with Gasteiger partial charge in [0.1, 0.15) is 5.57 Å². The second kappa shape index (κ2) is 7.77. The maximum absolute atomic E-state index is 12.9. The monoisotopic (exact) mass is 314 g/mol. The average molecular weight is 314 g/mol. The smallest absolute Gasteiger partial charge is 0.416 e. The highest BCUT2D eigenvalue weighted by Crippen LogP contribution is 2.32. The Kier molecular flexibility index (Phi) is 6.34. The van der Waals surface area contributed by atoms with Crippen molar-refractivity contribution in [1.29, 1.82) is 0 Å². The molecule has 0 aliphatic rings. The second-order valence-electron chi connectivity index (χ2n) is 4.69. The van der Waals surface area contributed by atoms with Crippen molar-refractivity contribution >= 4 is 17.8 Å². The lowest BCUT2D eigenvalue weighted by molar-refractivity contribution is -0.141. The predicted molar refractivity (Wildman–Crippen MR) is 76.0 cm³/mol. The van der Waals surface area contributed by atoms with Gasteiger partial charge in [-0.3, -0.25) is 4.79 Å². The lowest BCUT2D eigenvalue weighted by Gasteiger charge is -2.11. The molecule has 1 rings (SSSR count). The molecular weight excluding hydrogens is 297 g/mol. The third-order valence-electron chi connectivity index (χ3n) is 2.90. The summed E-state index contributed by atoms with van der Waals surface area (Å²) in [6.07, 6.45) is -2.22. The number of hydrogen-bond donors (Lipinski definition) is 0. The van der Waals surface area contributed by atoms with E-state index in [2.05, 4.69) is 0 Å². The number of ether oxygens (including phenoxy) is 1. The maximum Gasteiger partial charge on any atom is 0.416 e. The van der Waals surface area contributed by atoms with Crippen LogP contribution in [0.15, 0.2) is 29.8 Å². The lowest BCUT2D eigenvalue weighted by Crippen LogP contribution is -2.15. The van der Waals surface area contributed by atoms with E-state index in [0.717, 1.165) is 25.5 Å². The molecule has 0 bridgehead atoms. The predicted octanol–water partition coefficient (Wildman–Crippen LogP) is 4.02. The Morgan fingerprint density at radius 1 is 1.23 bits per heavy atom. The Balaban J connectivity index is 3.15. The van der Waals surface area contributed by atoms with E-state index in [0.29, 0.717) is 6.42 Å². The molecule has 0 fully saturated rings. The van der Waals surface area contributed by atoms with Crippen molar-refractivity contribution in [3.8, 4) is 0 Å². The van der Waals surface area contributed by atoms with E-state index in [-0.39, 0.29) is 12.2 Å². The van der Waals surface area contributed by atoms with Crippen molar-refractivity contribution in [2.75, 3.05) is 6.61 Å². The molecule has 6 heteroatoms. The number of rotatable bonds is 6. The fraction of sp³-hybridized carbons (Fsp3) is 0.375. The van der Waals surface area contributed by atoms with Gasteiger partial charge in [-0.25, -0.2) is 4.79 Å². The molecule has 1 aromatic carbocycles. The highest BCUT2D eigenvalue weighted by atomic mass is 19.4. The first kappa shape index (κ1) is 17.9. The standard InChI is InChI=1S/C16H17F3O3/c1-3-4-9-22-15(21)13(11(2)20)10-12-7-5-6-8-14(12)16(17,18)19/h5-8,10H,3-4,9H2,1-2H3. The van der Waals surface area contributed by atoms with Crippen molar-refractivity contribution in [1.82, 2.24) is 0 Å². The molecule has 120 valence electrons. The van der Waals surface area contributed by atoms with E-state index in [1.54, 1.807) is 0 Å². The number of carbonyl (C=O) groups excluding carboxylic acids is 2. The Bertz CT molecular complexity index is 574. The van der Waals surface area contributed by atoms with Gasteiger partial charge in [0, 0.05) is 0 Å². The largest absolute Gasteiger partial charge is 0.462 e. The molecule has 3 nitrogen and oxygen atoms in total. The van der Waals surface area contributed by atoms with Crippen LogP contribution in [-0.4, -0.2) is 18.4 Å². The number of hydrogen-bond acceptors (Lipinski definition) is 3. The Morgan fingerprint density at radius 2 is 1.86 bits per heavy atom. The van der Waals surface area contributed by atoms with Crippen LogP contribution < -0.4 is 0 Å². The van der Waals surface area contributed by atoms with Crippen LogP contribution in [0, 0.1) is 0 Å². The number of unbranched alkanes of at least 4 members (excludes halogenated alkanes) is 1. The summed E-state index contributed by atoms with van der Waals surface area (Å²) in [7, 11) is 0. The Hall–Kier alpha value is -2.11. The van der Waals surface area contributed by atoms with E-state index in [4.69, 9.17) is 4.74 Å². The molecule has 0 heterocycles. The number of carbonyl (C=O) groups is 2. The third-order valence-corrected chi connectivity index (χ3v) is 2.90. The summed E-state index contributed by atoms with van der Waals surface area (Å²) < 4.78 is 43.7. The first-order chi connectivity index (χ1) is 10.3. The number of Topliss-reactive ketones (excluding diaryl/α,β-unsaturated/α-hetero) is 1. The third kappa shape index (κ3) is 5.02. The quantitative estimate of drug-likeness (QED) is 0.262. The fourth-order valence-electron chi connectivity index (χ4n) is 1.73. The van der Waals surface area contributed by atoms with Crippen molar-refractivity contribution in [2.45, 2.75) is 32.9 Å². The van der Waals surface area contributed by atoms with E-state index in [1.807, 2.05) is 6.92 Å². The van der Waals surface area contributed by atoms with Gasteiger partial charge in [-0.15, -0.1) is 0 Å². The highest BCUT2D eigenvalue weighted by molar-refractivity contribution is 6.19. The van der Waals surface area contributed by atoms with Crippen LogP contribution >= 0.6 is 0 Å². The normalized spacial score (nSPS) is 12.1. The first-order valence-corrected chi connectivity index (χ1v) is 6.83. The van der Waals surface area contributed by atoms with Gasteiger partial charge in [0.25, 0.3) is 0 Å². The number of benzene rings is 1. The van der Waals surface area contributed by atoms with Gasteiger partial charge in [0.05, 0.1) is 12.2 Å². The summed E-state index contributed by atoms with van der Waals surface area (Å²) in [4.78, 5) is 23.4. The molecule has 1 aromatic rings. The van der Waals surface area contributed by atoms with E-state index >= 15 is 0 Å². The first-order valence-electron chi connectivity index (χ1n) is 6.83. The van der Waals surface area contributed by atoms with Gasteiger partial charge in [0.15, 0.2) is 5.78 Å². The van der Waals surface area contributed by atoms with Crippen molar-refractivity contribution in [2.24, 2.45) is 0 Å². The SMILES string of the molecule is CCCCOC(=O)C(=Cc1ccccc1C(F)(F)F)C(C)=O. The number of esters is 1. The summed E-state index contributed by atoms with van der Waals surface area (Å²) in [6.45, 7) is 3.14. The molecule has 22 heavy (non-hydrogen) atoms. The lowest BCUT2D eigenvalue weighted by atomic mass is 10.0. The van der Waals surface area contributed by atoms with Gasteiger partial charge in [0.2, 0.25) is 0 Å². The molecule has 0 radical (unpaired) electrons. The molecule has 0 saturated carbocycles. The van der Waals surface area contributed by atoms with Gasteiger partial charge in [-0.1, -0.05) is 31.5 Å². The minimum atomic E-state index is -4.57. The molecule has 0 aliphatic carbocycles. The fourth-order valence-corrected chi connectivity index (χ4v) is 1.73. The summed E-state index contributed by atoms with van der Waals surface area (Å²) in [5.41, 5.74) is -1.55. The van der Waals surface area contributed by atoms with Crippen LogP contribution in [0.25, 0.3) is 6.08 Å². The second-order valence-corrected chi connectivity index (χ2v) is 4.69. The van der Waals surface area contributed by atoms with Gasteiger partial charge >= 0.3 is 12.1 Å². The van der Waals surface area contributed by atoms with Crippen LogP contribution in [0.5, 0.6) is 0 Å². The van der Waals surface area contributed by atoms with Crippen molar-refractivity contribution in [3.05, 3.63) is 41.0 Å². The topological polar surface area (TPSA) is 43.4 Å². The van der Waals surface area contributed by atoms with E-state index < -0.39 is 29.1 Å². The zero-order valence-corrected chi connectivity index (χ0v) is 12.4. The molecule has 0 atom stereocenters. The van der Waals surface area contributed by atoms with Crippen LogP contribution in [0.1, 0.15) is 37.8 Å². The van der Waals surface area contributed by atoms with Crippen LogP contribution in [0.2, 0.25) is 0 Å². The van der Waals surface area contributed by atoms with E-state index in [9.17, 15) is 22.8 Å². The Labute approximate surface area is 126 Å². The number of halogens is 3. The number of ketones is 1. The zero-order chi connectivity index (χ0) is 16.8. The molecule has 0 aliphatic heterocycles. The summed E-state index contributed by atoms with van der Waals surface area (Å²) in [6, 6.07) is 4.74. The Morgan fingerprint density at radius 3 is 2.41 bits per heavy atom. The minimum absolute atomic E-state index is 0.126. The van der Waals surface area contributed by atoms with Crippen molar-refractivity contribution in [3.63, 3.8) is 0 Å². The van der Waals surface area contributed by atoms with Crippen LogP contribution in [0.4, 0.5) is 13.2 Å². The van der Waals surface area contributed by atoms with Crippen molar-refractivity contribution < 1.29 is 27.5 Å². The summed E-state index contributed by atoms with van der Waals surface area (Å²) >= 11 is 0.